The SMILES string of the molecule is CCCC(C)Oc1ccc(C#CCO)cc1C. The molecule has 1 unspecified atom stereocenters. The van der Waals surface area contributed by atoms with Crippen LogP contribution in [0.1, 0.15) is 37.8 Å². The van der Waals surface area contributed by atoms with E-state index >= 15 is 0 Å². The van der Waals surface area contributed by atoms with Gasteiger partial charge in [-0.3, -0.25) is 0 Å². The van der Waals surface area contributed by atoms with Crippen molar-refractivity contribution in [3.63, 3.8) is 0 Å². The molecule has 92 valence electrons. The highest BCUT2D eigenvalue weighted by Crippen LogP contribution is 2.21. The first kappa shape index (κ1) is 13.6. The molecule has 0 aliphatic rings. The van der Waals surface area contributed by atoms with E-state index in [0.717, 1.165) is 29.7 Å². The fraction of sp³-hybridized carbons (Fsp3) is 0.467. The Balaban J connectivity index is 2.75. The molecule has 2 heteroatoms. The zero-order valence-electron chi connectivity index (χ0n) is 10.8. The normalized spacial score (nSPS) is 11.5. The van der Waals surface area contributed by atoms with E-state index in [2.05, 4.69) is 25.7 Å². The molecule has 2 nitrogen and oxygen atoms in total. The van der Waals surface area contributed by atoms with Gasteiger partial charge in [-0.25, -0.2) is 0 Å². The standard InChI is InChI=1S/C15H20O2/c1-4-6-13(3)17-15-9-8-14(7-5-10-16)11-12(15)2/h8-9,11,13,16H,4,6,10H2,1-3H3. The summed E-state index contributed by atoms with van der Waals surface area (Å²) in [5, 5.41) is 8.63. The van der Waals surface area contributed by atoms with E-state index in [9.17, 15) is 0 Å². The van der Waals surface area contributed by atoms with E-state index in [1.807, 2.05) is 25.1 Å². The van der Waals surface area contributed by atoms with Gasteiger partial charge in [-0.05, 0) is 44.0 Å². The van der Waals surface area contributed by atoms with Gasteiger partial charge in [0.05, 0.1) is 6.10 Å². The summed E-state index contributed by atoms with van der Waals surface area (Å²) in [6.07, 6.45) is 2.43. The first-order valence-corrected chi connectivity index (χ1v) is 6.04. The average molecular weight is 232 g/mol. The molecule has 0 aliphatic carbocycles. The topological polar surface area (TPSA) is 29.5 Å². The molecule has 1 rings (SSSR count). The number of benzene rings is 1. The van der Waals surface area contributed by atoms with Crippen LogP contribution in [-0.2, 0) is 0 Å². The molecule has 0 saturated heterocycles. The van der Waals surface area contributed by atoms with Crippen LogP contribution in [0.5, 0.6) is 5.75 Å². The quantitative estimate of drug-likeness (QED) is 0.809. The van der Waals surface area contributed by atoms with Crippen LogP contribution in [0.2, 0.25) is 0 Å². The first-order chi connectivity index (χ1) is 8.17. The number of aliphatic hydroxyl groups excluding tert-OH is 1. The highest BCUT2D eigenvalue weighted by molar-refractivity contribution is 5.43. The summed E-state index contributed by atoms with van der Waals surface area (Å²) in [5.41, 5.74) is 1.99. The van der Waals surface area contributed by atoms with Crippen molar-refractivity contribution in [2.75, 3.05) is 6.61 Å². The van der Waals surface area contributed by atoms with E-state index in [-0.39, 0.29) is 12.7 Å². The Morgan fingerprint density at radius 3 is 2.76 bits per heavy atom. The third kappa shape index (κ3) is 4.50. The smallest absolute Gasteiger partial charge is 0.122 e. The van der Waals surface area contributed by atoms with Crippen molar-refractivity contribution < 1.29 is 9.84 Å². The summed E-state index contributed by atoms with van der Waals surface area (Å²) < 4.78 is 5.85. The van der Waals surface area contributed by atoms with Crippen LogP contribution in [0, 0.1) is 18.8 Å². The van der Waals surface area contributed by atoms with Crippen molar-refractivity contribution in [3.05, 3.63) is 29.3 Å². The predicted molar refractivity (Wildman–Crippen MR) is 70.1 cm³/mol. The predicted octanol–water partition coefficient (Wildman–Crippen LogP) is 2.91. The minimum absolute atomic E-state index is 0.106. The van der Waals surface area contributed by atoms with E-state index in [0.29, 0.717) is 0 Å². The molecule has 1 N–H and O–H groups in total. The van der Waals surface area contributed by atoms with Gasteiger partial charge in [-0.2, -0.15) is 0 Å². The maximum absolute atomic E-state index is 8.63. The molecule has 17 heavy (non-hydrogen) atoms. The van der Waals surface area contributed by atoms with Gasteiger partial charge >= 0.3 is 0 Å². The molecule has 0 fully saturated rings. The molecule has 0 spiro atoms. The fourth-order valence-electron chi connectivity index (χ4n) is 1.68. The molecular weight excluding hydrogens is 212 g/mol. The Kier molecular flexibility index (Phi) is 5.59. The number of aliphatic hydroxyl groups is 1. The van der Waals surface area contributed by atoms with Gasteiger partial charge in [0.15, 0.2) is 0 Å². The Morgan fingerprint density at radius 2 is 2.18 bits per heavy atom. The van der Waals surface area contributed by atoms with Crippen LogP contribution < -0.4 is 4.74 Å². The van der Waals surface area contributed by atoms with Gasteiger partial charge < -0.3 is 9.84 Å². The number of ether oxygens (including phenoxy) is 1. The first-order valence-electron chi connectivity index (χ1n) is 6.04. The van der Waals surface area contributed by atoms with Crippen molar-refractivity contribution in [1.29, 1.82) is 0 Å². The minimum Gasteiger partial charge on any atom is -0.490 e. The molecule has 1 aromatic carbocycles. The Bertz CT molecular complexity index is 413. The van der Waals surface area contributed by atoms with Gasteiger partial charge in [0.1, 0.15) is 12.4 Å². The second-order valence-electron chi connectivity index (χ2n) is 4.16. The van der Waals surface area contributed by atoms with Gasteiger partial charge in [-0.15, -0.1) is 0 Å². The van der Waals surface area contributed by atoms with Crippen LogP contribution in [0.15, 0.2) is 18.2 Å². The van der Waals surface area contributed by atoms with Crippen molar-refractivity contribution in [1.82, 2.24) is 0 Å². The maximum Gasteiger partial charge on any atom is 0.122 e. The zero-order chi connectivity index (χ0) is 12.7. The summed E-state index contributed by atoms with van der Waals surface area (Å²) in [4.78, 5) is 0. The lowest BCUT2D eigenvalue weighted by atomic mass is 10.1. The maximum atomic E-state index is 8.63. The fourth-order valence-corrected chi connectivity index (χ4v) is 1.68. The summed E-state index contributed by atoms with van der Waals surface area (Å²) >= 11 is 0. The summed E-state index contributed by atoms with van der Waals surface area (Å²) in [6.45, 7) is 6.14. The van der Waals surface area contributed by atoms with Crippen LogP contribution >= 0.6 is 0 Å². The van der Waals surface area contributed by atoms with Crippen LogP contribution in [0.4, 0.5) is 0 Å². The molecule has 0 heterocycles. The third-order valence-corrected chi connectivity index (χ3v) is 2.51. The van der Waals surface area contributed by atoms with Gasteiger partial charge in [-0.1, -0.05) is 25.2 Å². The number of hydrogen-bond donors (Lipinski definition) is 1. The lowest BCUT2D eigenvalue weighted by Gasteiger charge is -2.15. The molecule has 0 saturated carbocycles. The van der Waals surface area contributed by atoms with Crippen LogP contribution in [0.3, 0.4) is 0 Å². The van der Waals surface area contributed by atoms with Gasteiger partial charge in [0.25, 0.3) is 0 Å². The number of hydrogen-bond acceptors (Lipinski definition) is 2. The third-order valence-electron chi connectivity index (χ3n) is 2.51. The van der Waals surface area contributed by atoms with E-state index < -0.39 is 0 Å². The van der Waals surface area contributed by atoms with Gasteiger partial charge in [0.2, 0.25) is 0 Å². The lowest BCUT2D eigenvalue weighted by molar-refractivity contribution is 0.208. The number of rotatable bonds is 4. The monoisotopic (exact) mass is 232 g/mol. The Morgan fingerprint density at radius 1 is 1.41 bits per heavy atom. The summed E-state index contributed by atoms with van der Waals surface area (Å²) in [5.74, 6) is 6.44. The molecule has 1 atom stereocenters. The van der Waals surface area contributed by atoms with Crippen LogP contribution in [0.25, 0.3) is 0 Å². The molecule has 0 bridgehead atoms. The largest absolute Gasteiger partial charge is 0.490 e. The molecule has 0 aromatic heterocycles. The molecule has 1 aromatic rings. The highest BCUT2D eigenvalue weighted by Gasteiger charge is 2.05. The highest BCUT2D eigenvalue weighted by atomic mass is 16.5. The second-order valence-corrected chi connectivity index (χ2v) is 4.16. The number of aryl methyl sites for hydroxylation is 1. The lowest BCUT2D eigenvalue weighted by Crippen LogP contribution is -2.11. The van der Waals surface area contributed by atoms with Crippen molar-refractivity contribution in [2.45, 2.75) is 39.7 Å². The van der Waals surface area contributed by atoms with E-state index in [1.54, 1.807) is 0 Å². The van der Waals surface area contributed by atoms with Crippen LogP contribution in [-0.4, -0.2) is 17.8 Å². The zero-order valence-corrected chi connectivity index (χ0v) is 10.8. The van der Waals surface area contributed by atoms with Crippen molar-refractivity contribution in [3.8, 4) is 17.6 Å². The Labute approximate surface area is 104 Å². The van der Waals surface area contributed by atoms with E-state index in [4.69, 9.17) is 9.84 Å². The van der Waals surface area contributed by atoms with Gasteiger partial charge in [0, 0.05) is 5.56 Å². The molecular formula is C15H20O2. The Hall–Kier alpha value is -1.46. The summed E-state index contributed by atoms with van der Waals surface area (Å²) in [6, 6.07) is 5.85. The summed E-state index contributed by atoms with van der Waals surface area (Å²) in [7, 11) is 0. The second kappa shape index (κ2) is 6.98. The van der Waals surface area contributed by atoms with Crippen molar-refractivity contribution in [2.24, 2.45) is 0 Å². The van der Waals surface area contributed by atoms with Crippen molar-refractivity contribution >= 4 is 0 Å². The average Bonchev–Trinajstić information content (AvgIpc) is 2.30. The van der Waals surface area contributed by atoms with E-state index in [1.165, 1.54) is 0 Å². The molecule has 0 aliphatic heterocycles. The molecule has 0 radical (unpaired) electrons. The molecule has 0 amide bonds. The minimum atomic E-state index is -0.106.